The van der Waals surface area contributed by atoms with E-state index in [1.807, 2.05) is 25.1 Å². The highest BCUT2D eigenvalue weighted by atomic mass is 35.5. The standard InChI is InChI=1S/C25H27ClN4O5S/c1-16(29-23(31)9-10-30-14-18(12-28-30)24(32)33-2)3-7-20-13-27-25(36-20)35-22-8-6-19(11-21(22)26)34-15-17-4-5-17/h3,6-8,11-14,16-17H,4-5,9-10,15H2,1-2H3,(H,29,31)/t16-/m0/s1. The molecule has 0 saturated heterocycles. The number of amides is 1. The first kappa shape index (κ1) is 25.7. The summed E-state index contributed by atoms with van der Waals surface area (Å²) in [5.41, 5.74) is 0.347. The average molecular weight is 531 g/mol. The Morgan fingerprint density at radius 1 is 1.33 bits per heavy atom. The van der Waals surface area contributed by atoms with Crippen molar-refractivity contribution in [1.82, 2.24) is 20.1 Å². The fourth-order valence-corrected chi connectivity index (χ4v) is 4.08. The molecule has 1 saturated carbocycles. The van der Waals surface area contributed by atoms with Crippen LogP contribution in [0.1, 0.15) is 41.4 Å². The highest BCUT2D eigenvalue weighted by molar-refractivity contribution is 7.14. The van der Waals surface area contributed by atoms with E-state index in [0.717, 1.165) is 17.2 Å². The van der Waals surface area contributed by atoms with E-state index < -0.39 is 5.97 Å². The molecule has 0 unspecified atom stereocenters. The Labute approximate surface area is 218 Å². The molecule has 190 valence electrons. The Bertz CT molecular complexity index is 1240. The first-order chi connectivity index (χ1) is 17.4. The fourth-order valence-electron chi connectivity index (χ4n) is 3.18. The normalized spacial score (nSPS) is 14.0. The summed E-state index contributed by atoms with van der Waals surface area (Å²) >= 11 is 7.71. The molecule has 0 aliphatic heterocycles. The number of halogens is 1. The molecule has 0 bridgehead atoms. The van der Waals surface area contributed by atoms with Crippen LogP contribution in [0.15, 0.2) is 42.9 Å². The van der Waals surface area contributed by atoms with Gasteiger partial charge in [-0.05, 0) is 43.9 Å². The fraction of sp³-hybridized carbons (Fsp3) is 0.360. The number of aryl methyl sites for hydroxylation is 1. The molecule has 1 amide bonds. The molecule has 0 radical (unpaired) electrons. The van der Waals surface area contributed by atoms with Crippen molar-refractivity contribution in [3.8, 4) is 16.7 Å². The predicted molar refractivity (Wildman–Crippen MR) is 137 cm³/mol. The number of ether oxygens (including phenoxy) is 3. The van der Waals surface area contributed by atoms with Crippen LogP contribution < -0.4 is 14.8 Å². The van der Waals surface area contributed by atoms with Gasteiger partial charge in [0.15, 0.2) is 0 Å². The number of benzene rings is 1. The Morgan fingerprint density at radius 3 is 2.92 bits per heavy atom. The number of esters is 1. The Morgan fingerprint density at radius 2 is 2.17 bits per heavy atom. The van der Waals surface area contributed by atoms with Gasteiger partial charge in [0.05, 0.1) is 35.4 Å². The van der Waals surface area contributed by atoms with Crippen molar-refractivity contribution in [2.45, 2.75) is 38.8 Å². The van der Waals surface area contributed by atoms with Crippen molar-refractivity contribution in [2.24, 2.45) is 5.92 Å². The van der Waals surface area contributed by atoms with Gasteiger partial charge in [0.1, 0.15) is 11.5 Å². The van der Waals surface area contributed by atoms with E-state index in [4.69, 9.17) is 21.1 Å². The topological polar surface area (TPSA) is 105 Å². The van der Waals surface area contributed by atoms with E-state index >= 15 is 0 Å². The third kappa shape index (κ3) is 7.56. The molecule has 11 heteroatoms. The molecular formula is C25H27ClN4O5S. The van der Waals surface area contributed by atoms with Gasteiger partial charge >= 0.3 is 5.97 Å². The zero-order valence-electron chi connectivity index (χ0n) is 20.0. The lowest BCUT2D eigenvalue weighted by Crippen LogP contribution is -2.31. The summed E-state index contributed by atoms with van der Waals surface area (Å²) in [6.07, 6.45) is 11.1. The lowest BCUT2D eigenvalue weighted by atomic mass is 10.2. The van der Waals surface area contributed by atoms with Crippen molar-refractivity contribution in [3.05, 3.63) is 58.3 Å². The van der Waals surface area contributed by atoms with Crippen LogP contribution in [0.3, 0.4) is 0 Å². The lowest BCUT2D eigenvalue weighted by molar-refractivity contribution is -0.121. The van der Waals surface area contributed by atoms with Crippen LogP contribution in [0, 0.1) is 5.92 Å². The van der Waals surface area contributed by atoms with Crippen LogP contribution in [0.2, 0.25) is 5.02 Å². The molecule has 36 heavy (non-hydrogen) atoms. The number of aromatic nitrogens is 3. The first-order valence-electron chi connectivity index (χ1n) is 11.5. The van der Waals surface area contributed by atoms with Crippen molar-refractivity contribution >= 4 is 40.9 Å². The summed E-state index contributed by atoms with van der Waals surface area (Å²) in [5, 5.41) is 7.89. The number of carbonyl (C=O) groups is 2. The molecule has 3 aromatic rings. The smallest absolute Gasteiger partial charge is 0.341 e. The summed E-state index contributed by atoms with van der Waals surface area (Å²) < 4.78 is 17.8. The Hall–Kier alpha value is -3.37. The molecule has 2 heterocycles. The number of methoxy groups -OCH3 is 1. The zero-order valence-corrected chi connectivity index (χ0v) is 21.6. The molecule has 1 fully saturated rings. The van der Waals surface area contributed by atoms with Gasteiger partial charge in [0, 0.05) is 37.5 Å². The van der Waals surface area contributed by atoms with Gasteiger partial charge in [-0.2, -0.15) is 5.10 Å². The van der Waals surface area contributed by atoms with Gasteiger partial charge in [-0.3, -0.25) is 9.48 Å². The number of hydrogen-bond acceptors (Lipinski definition) is 8. The minimum atomic E-state index is -0.462. The van der Waals surface area contributed by atoms with E-state index in [9.17, 15) is 9.59 Å². The molecule has 0 spiro atoms. The average Bonchev–Trinajstić information content (AvgIpc) is 3.38. The largest absolute Gasteiger partial charge is 0.493 e. The van der Waals surface area contributed by atoms with Crippen LogP contribution in [0.5, 0.6) is 16.7 Å². The Balaban J connectivity index is 1.22. The van der Waals surface area contributed by atoms with E-state index in [1.54, 1.807) is 24.5 Å². The summed E-state index contributed by atoms with van der Waals surface area (Å²) in [7, 11) is 1.31. The molecule has 1 N–H and O–H groups in total. The SMILES string of the molecule is COC(=O)c1cnn(CCC(=O)N[C@@H](C)C=Cc2cnc(Oc3ccc(OCC4CC4)cc3Cl)s2)c1. The summed E-state index contributed by atoms with van der Waals surface area (Å²) in [5.74, 6) is 1.32. The molecule has 1 atom stereocenters. The van der Waals surface area contributed by atoms with Crippen LogP contribution in [0.25, 0.3) is 6.08 Å². The van der Waals surface area contributed by atoms with Crippen molar-refractivity contribution < 1.29 is 23.8 Å². The maximum atomic E-state index is 12.2. The van der Waals surface area contributed by atoms with Gasteiger partial charge in [0.2, 0.25) is 5.91 Å². The van der Waals surface area contributed by atoms with Crippen molar-refractivity contribution in [2.75, 3.05) is 13.7 Å². The molecule has 2 aromatic heterocycles. The minimum absolute atomic E-state index is 0.130. The quantitative estimate of drug-likeness (QED) is 0.330. The second kappa shape index (κ2) is 12.0. The lowest BCUT2D eigenvalue weighted by Gasteiger charge is -2.09. The van der Waals surface area contributed by atoms with Gasteiger partial charge in [-0.1, -0.05) is 29.0 Å². The third-order valence-electron chi connectivity index (χ3n) is 5.35. The van der Waals surface area contributed by atoms with E-state index in [-0.39, 0.29) is 18.4 Å². The molecule has 9 nitrogen and oxygen atoms in total. The van der Waals surface area contributed by atoms with E-state index in [2.05, 4.69) is 20.1 Å². The minimum Gasteiger partial charge on any atom is -0.493 e. The first-order valence-corrected chi connectivity index (χ1v) is 12.7. The second-order valence-corrected chi connectivity index (χ2v) is 9.86. The summed E-state index contributed by atoms with van der Waals surface area (Å²) in [4.78, 5) is 28.9. The molecular weight excluding hydrogens is 504 g/mol. The maximum absolute atomic E-state index is 12.2. The van der Waals surface area contributed by atoms with Gasteiger partial charge < -0.3 is 19.5 Å². The van der Waals surface area contributed by atoms with Gasteiger partial charge in [-0.15, -0.1) is 0 Å². The van der Waals surface area contributed by atoms with Crippen molar-refractivity contribution in [3.63, 3.8) is 0 Å². The second-order valence-electron chi connectivity index (χ2n) is 8.43. The highest BCUT2D eigenvalue weighted by Gasteiger charge is 2.22. The van der Waals surface area contributed by atoms with Crippen LogP contribution in [0.4, 0.5) is 0 Å². The molecule has 1 aliphatic carbocycles. The van der Waals surface area contributed by atoms with Gasteiger partial charge in [-0.25, -0.2) is 9.78 Å². The molecule has 4 rings (SSSR count). The van der Waals surface area contributed by atoms with E-state index in [0.29, 0.717) is 34.0 Å². The molecule has 1 aliphatic rings. The number of rotatable bonds is 12. The molecule has 1 aromatic carbocycles. The number of nitrogens with one attached hydrogen (secondary N) is 1. The number of thiazole rings is 1. The van der Waals surface area contributed by atoms with Crippen LogP contribution in [-0.2, 0) is 16.1 Å². The zero-order chi connectivity index (χ0) is 25.5. The van der Waals surface area contributed by atoms with Crippen LogP contribution >= 0.6 is 22.9 Å². The number of hydrogen-bond donors (Lipinski definition) is 1. The highest BCUT2D eigenvalue weighted by Crippen LogP contribution is 2.35. The summed E-state index contributed by atoms with van der Waals surface area (Å²) in [6.45, 7) is 2.95. The van der Waals surface area contributed by atoms with Crippen molar-refractivity contribution in [1.29, 1.82) is 0 Å². The van der Waals surface area contributed by atoms with E-state index in [1.165, 1.54) is 42.2 Å². The van der Waals surface area contributed by atoms with Crippen LogP contribution in [-0.4, -0.2) is 46.4 Å². The Kier molecular flexibility index (Phi) is 8.61. The summed E-state index contributed by atoms with van der Waals surface area (Å²) in [6, 6.07) is 5.18. The monoisotopic (exact) mass is 530 g/mol. The third-order valence-corrected chi connectivity index (χ3v) is 6.48. The number of nitrogens with zero attached hydrogens (tertiary/aromatic N) is 3. The predicted octanol–water partition coefficient (Wildman–Crippen LogP) is 4.97. The maximum Gasteiger partial charge on any atom is 0.341 e. The van der Waals surface area contributed by atoms with Gasteiger partial charge in [0.25, 0.3) is 5.19 Å². The number of carbonyl (C=O) groups excluding carboxylic acids is 2.